The van der Waals surface area contributed by atoms with Gasteiger partial charge in [-0.05, 0) is 49.2 Å². The Kier molecular flexibility index (Phi) is 8.19. The minimum Gasteiger partial charge on any atom is -0.401 e. The number of hydrazine groups is 1. The molecule has 144 valence electrons. The summed E-state index contributed by atoms with van der Waals surface area (Å²) in [7, 11) is 0. The van der Waals surface area contributed by atoms with Gasteiger partial charge in [-0.2, -0.15) is 0 Å². The van der Waals surface area contributed by atoms with Crippen molar-refractivity contribution < 1.29 is 4.79 Å². The zero-order chi connectivity index (χ0) is 19.5. The van der Waals surface area contributed by atoms with Gasteiger partial charge in [-0.25, -0.2) is 10.6 Å². The van der Waals surface area contributed by atoms with Crippen molar-refractivity contribution in [3.05, 3.63) is 66.5 Å². The van der Waals surface area contributed by atoms with Crippen molar-refractivity contribution in [3.63, 3.8) is 0 Å². The molecule has 2 rings (SSSR count). The van der Waals surface area contributed by atoms with Crippen molar-refractivity contribution in [1.82, 2.24) is 0 Å². The smallest absolute Gasteiger partial charge is 0.323 e. The fraction of sp³-hybridized carbons (Fsp3) is 0.286. The van der Waals surface area contributed by atoms with E-state index in [1.165, 1.54) is 24.3 Å². The Morgan fingerprint density at radius 3 is 2.22 bits per heavy atom. The molecule has 0 radical (unpaired) electrons. The number of carbonyl (C=O) groups is 1. The zero-order valence-corrected chi connectivity index (χ0v) is 15.8. The summed E-state index contributed by atoms with van der Waals surface area (Å²) < 4.78 is 0. The van der Waals surface area contributed by atoms with E-state index in [1.54, 1.807) is 18.3 Å². The number of nitrogens with two attached hydrogens (primary N) is 2. The van der Waals surface area contributed by atoms with Gasteiger partial charge in [0.15, 0.2) is 0 Å². The van der Waals surface area contributed by atoms with E-state index in [4.69, 9.17) is 11.6 Å². The minimum atomic E-state index is -0.297. The highest BCUT2D eigenvalue weighted by Crippen LogP contribution is 2.17. The lowest BCUT2D eigenvalue weighted by Gasteiger charge is -2.16. The molecule has 2 aromatic rings. The first-order chi connectivity index (χ1) is 13.1. The molecule has 0 aliphatic carbocycles. The van der Waals surface area contributed by atoms with E-state index in [9.17, 15) is 4.79 Å². The number of amides is 2. The maximum atomic E-state index is 12.0. The maximum Gasteiger partial charge on any atom is 0.323 e. The van der Waals surface area contributed by atoms with Crippen LogP contribution < -0.4 is 27.2 Å². The number of rotatable bonds is 9. The van der Waals surface area contributed by atoms with E-state index in [2.05, 4.69) is 17.6 Å². The Balaban J connectivity index is 1.85. The van der Waals surface area contributed by atoms with Crippen LogP contribution in [0.1, 0.15) is 39.0 Å². The Morgan fingerprint density at radius 1 is 0.963 bits per heavy atom. The molecule has 0 saturated heterocycles. The van der Waals surface area contributed by atoms with E-state index in [-0.39, 0.29) is 6.03 Å². The van der Waals surface area contributed by atoms with E-state index in [1.807, 2.05) is 42.5 Å². The van der Waals surface area contributed by atoms with Crippen molar-refractivity contribution >= 4 is 23.1 Å². The summed E-state index contributed by atoms with van der Waals surface area (Å²) in [5.74, 6) is 6.06. The number of nitrogens with one attached hydrogen (secondary N) is 2. The summed E-state index contributed by atoms with van der Waals surface area (Å²) in [6.07, 6.45) is 7.27. The van der Waals surface area contributed by atoms with Crippen LogP contribution in [0.4, 0.5) is 21.9 Å². The highest BCUT2D eigenvalue weighted by molar-refractivity contribution is 5.99. The van der Waals surface area contributed by atoms with Gasteiger partial charge >= 0.3 is 6.03 Å². The predicted molar refractivity (Wildman–Crippen MR) is 113 cm³/mol. The highest BCUT2D eigenvalue weighted by atomic mass is 16.2. The third-order valence-electron chi connectivity index (χ3n) is 4.08. The number of anilines is 3. The normalized spacial score (nSPS) is 11.1. The predicted octanol–water partition coefficient (Wildman–Crippen LogP) is 4.78. The standard InChI is InChI=1S/C21H29N5O/c1-2-3-4-6-9-17(22)16-26(23)20-14-12-19(13-15-20)25-21(27)24-18-10-7-5-8-11-18/h5,7-8,10-16H,2-4,6,9,22-23H2,1H3,(H2,24,25,27)/b17-16-. The molecule has 0 aliphatic rings. The fourth-order valence-electron chi connectivity index (χ4n) is 2.61. The van der Waals surface area contributed by atoms with E-state index >= 15 is 0 Å². The van der Waals surface area contributed by atoms with Crippen LogP contribution in [-0.2, 0) is 0 Å². The molecule has 2 aromatic carbocycles. The Hall–Kier alpha value is -2.99. The van der Waals surface area contributed by atoms with Gasteiger partial charge in [-0.3, -0.25) is 5.01 Å². The summed E-state index contributed by atoms with van der Waals surface area (Å²) >= 11 is 0. The monoisotopic (exact) mass is 367 g/mol. The number of allylic oxidation sites excluding steroid dienone is 1. The van der Waals surface area contributed by atoms with Gasteiger partial charge in [0.25, 0.3) is 0 Å². The van der Waals surface area contributed by atoms with Gasteiger partial charge < -0.3 is 16.4 Å². The first kappa shape index (κ1) is 20.3. The summed E-state index contributed by atoms with van der Waals surface area (Å²) in [6.45, 7) is 2.19. The van der Waals surface area contributed by atoms with Gasteiger partial charge in [0.05, 0.1) is 5.69 Å². The maximum absolute atomic E-state index is 12.0. The molecule has 0 atom stereocenters. The summed E-state index contributed by atoms with van der Waals surface area (Å²) in [6, 6.07) is 16.2. The number of para-hydroxylation sites is 1. The molecule has 6 nitrogen and oxygen atoms in total. The van der Waals surface area contributed by atoms with Crippen LogP contribution in [0.25, 0.3) is 0 Å². The number of unbranched alkanes of at least 4 members (excludes halogenated alkanes) is 3. The second kappa shape index (κ2) is 10.9. The molecule has 6 heteroatoms. The second-order valence-electron chi connectivity index (χ2n) is 6.41. The minimum absolute atomic E-state index is 0.297. The molecule has 6 N–H and O–H groups in total. The van der Waals surface area contributed by atoms with Crippen molar-refractivity contribution in [2.45, 2.75) is 39.0 Å². The molecule has 0 fully saturated rings. The summed E-state index contributed by atoms with van der Waals surface area (Å²) in [5.41, 5.74) is 9.01. The van der Waals surface area contributed by atoms with Crippen LogP contribution in [0.15, 0.2) is 66.5 Å². The van der Waals surface area contributed by atoms with Gasteiger partial charge in [0.1, 0.15) is 0 Å². The van der Waals surface area contributed by atoms with Gasteiger partial charge in [0, 0.05) is 23.3 Å². The third-order valence-corrected chi connectivity index (χ3v) is 4.08. The molecule has 0 spiro atoms. The fourth-order valence-corrected chi connectivity index (χ4v) is 2.61. The second-order valence-corrected chi connectivity index (χ2v) is 6.41. The Labute approximate surface area is 161 Å². The largest absolute Gasteiger partial charge is 0.401 e. The average Bonchev–Trinajstić information content (AvgIpc) is 2.66. The van der Waals surface area contributed by atoms with Crippen molar-refractivity contribution in [2.24, 2.45) is 11.6 Å². The zero-order valence-electron chi connectivity index (χ0n) is 15.8. The number of carbonyl (C=O) groups excluding carboxylic acids is 1. The van der Waals surface area contributed by atoms with Crippen LogP contribution >= 0.6 is 0 Å². The van der Waals surface area contributed by atoms with Crippen LogP contribution in [0.3, 0.4) is 0 Å². The molecule has 27 heavy (non-hydrogen) atoms. The van der Waals surface area contributed by atoms with E-state index < -0.39 is 0 Å². The molecule has 0 saturated carbocycles. The number of benzene rings is 2. The molecule has 0 unspecified atom stereocenters. The Bertz CT molecular complexity index is 728. The molecular weight excluding hydrogens is 338 g/mol. The first-order valence-corrected chi connectivity index (χ1v) is 9.31. The lowest BCUT2D eigenvalue weighted by Crippen LogP contribution is -2.26. The van der Waals surface area contributed by atoms with E-state index in [0.717, 1.165) is 29.9 Å². The first-order valence-electron chi connectivity index (χ1n) is 9.31. The van der Waals surface area contributed by atoms with Crippen LogP contribution in [0.5, 0.6) is 0 Å². The van der Waals surface area contributed by atoms with Crippen molar-refractivity contribution in [1.29, 1.82) is 0 Å². The van der Waals surface area contributed by atoms with E-state index in [0.29, 0.717) is 5.69 Å². The van der Waals surface area contributed by atoms with Gasteiger partial charge in [-0.1, -0.05) is 44.4 Å². The quantitative estimate of drug-likeness (QED) is 0.291. The van der Waals surface area contributed by atoms with Gasteiger partial charge in [-0.15, -0.1) is 0 Å². The van der Waals surface area contributed by atoms with Crippen molar-refractivity contribution in [3.8, 4) is 0 Å². The molecule has 0 aliphatic heterocycles. The summed E-state index contributed by atoms with van der Waals surface area (Å²) in [4.78, 5) is 12.0. The molecule has 0 heterocycles. The van der Waals surface area contributed by atoms with Crippen LogP contribution in [0, 0.1) is 0 Å². The van der Waals surface area contributed by atoms with Gasteiger partial charge in [0.2, 0.25) is 0 Å². The number of hydrogen-bond acceptors (Lipinski definition) is 4. The number of urea groups is 1. The highest BCUT2D eigenvalue weighted by Gasteiger charge is 2.04. The Morgan fingerprint density at radius 2 is 1.59 bits per heavy atom. The molecule has 0 aromatic heterocycles. The molecule has 0 bridgehead atoms. The van der Waals surface area contributed by atoms with Crippen LogP contribution in [-0.4, -0.2) is 6.03 Å². The number of hydrogen-bond donors (Lipinski definition) is 4. The lowest BCUT2D eigenvalue weighted by molar-refractivity contribution is 0.262. The van der Waals surface area contributed by atoms with Crippen molar-refractivity contribution in [2.75, 3.05) is 15.6 Å². The summed E-state index contributed by atoms with van der Waals surface area (Å²) in [5, 5.41) is 7.06. The molecular formula is C21H29N5O. The molecule has 2 amide bonds. The third kappa shape index (κ3) is 7.42. The lowest BCUT2D eigenvalue weighted by atomic mass is 10.1. The SMILES string of the molecule is CCCCCC/C(N)=C/N(N)c1ccc(NC(=O)Nc2ccccc2)cc1. The van der Waals surface area contributed by atoms with Crippen LogP contribution in [0.2, 0.25) is 0 Å². The number of nitrogens with zero attached hydrogens (tertiary/aromatic N) is 1. The average molecular weight is 367 g/mol. The topological polar surface area (TPSA) is 96.4 Å².